The maximum atomic E-state index is 13.4. The number of piperidine rings is 1. The number of hydrogen-bond donors (Lipinski definition) is 0. The van der Waals surface area contributed by atoms with Crippen molar-refractivity contribution < 1.29 is 4.79 Å². The monoisotopic (exact) mass is 353 g/mol. The maximum absolute atomic E-state index is 13.4. The minimum Gasteiger partial charge on any atom is -0.342 e. The lowest BCUT2D eigenvalue weighted by atomic mass is 9.81. The number of hydrogen-bond acceptors (Lipinski definition) is 2. The third kappa shape index (κ3) is 3.39. The molecule has 1 saturated heterocycles. The molecule has 0 bridgehead atoms. The van der Waals surface area contributed by atoms with E-state index in [9.17, 15) is 4.79 Å². The summed E-state index contributed by atoms with van der Waals surface area (Å²) in [5, 5.41) is 2.12. The number of carbonyl (C=O) groups excluding carboxylic acids is 1. The van der Waals surface area contributed by atoms with E-state index < -0.39 is 0 Å². The number of carbonyl (C=O) groups is 1. The highest BCUT2D eigenvalue weighted by Gasteiger charge is 2.46. The van der Waals surface area contributed by atoms with Crippen molar-refractivity contribution in [1.29, 1.82) is 0 Å². The lowest BCUT2D eigenvalue weighted by Gasteiger charge is -2.38. The van der Waals surface area contributed by atoms with Crippen LogP contribution in [0.2, 0.25) is 0 Å². The summed E-state index contributed by atoms with van der Waals surface area (Å²) in [6.07, 6.45) is 7.88. The Labute approximate surface area is 154 Å². The zero-order chi connectivity index (χ0) is 17.1. The van der Waals surface area contributed by atoms with Crippen molar-refractivity contribution >= 4 is 17.2 Å². The molecule has 132 valence electrons. The molecule has 3 heteroatoms. The van der Waals surface area contributed by atoms with Gasteiger partial charge in [0.25, 0.3) is 0 Å². The molecule has 1 saturated carbocycles. The molecule has 1 aromatic heterocycles. The molecule has 1 amide bonds. The van der Waals surface area contributed by atoms with E-state index >= 15 is 0 Å². The second-order valence-corrected chi connectivity index (χ2v) is 8.64. The molecule has 1 aromatic carbocycles. The van der Waals surface area contributed by atoms with E-state index in [1.165, 1.54) is 23.3 Å². The summed E-state index contributed by atoms with van der Waals surface area (Å²) < 4.78 is 0. The average Bonchev–Trinajstić information content (AvgIpc) is 3.35. The van der Waals surface area contributed by atoms with Crippen LogP contribution in [-0.4, -0.2) is 23.9 Å². The van der Waals surface area contributed by atoms with Crippen molar-refractivity contribution in [3.63, 3.8) is 0 Å². The quantitative estimate of drug-likeness (QED) is 0.754. The number of rotatable bonds is 4. The third-order valence-electron chi connectivity index (χ3n) is 6.13. The number of thiophene rings is 1. The van der Waals surface area contributed by atoms with Gasteiger partial charge in [0.05, 0.1) is 5.41 Å². The van der Waals surface area contributed by atoms with Crippen LogP contribution in [0.5, 0.6) is 0 Å². The standard InChI is InChI=1S/C22H27NOS/c24-21(22(12-4-5-13-22)20-9-6-16-25-20)23-14-10-19(11-15-23)17-18-7-2-1-3-8-18/h1-3,6-9,16,19H,4-5,10-15,17H2. The Bertz CT molecular complexity index is 680. The van der Waals surface area contributed by atoms with E-state index in [2.05, 4.69) is 52.7 Å². The van der Waals surface area contributed by atoms with Gasteiger partial charge in [0.1, 0.15) is 0 Å². The van der Waals surface area contributed by atoms with Gasteiger partial charge in [-0.05, 0) is 55.0 Å². The van der Waals surface area contributed by atoms with E-state index in [4.69, 9.17) is 0 Å². The van der Waals surface area contributed by atoms with Gasteiger partial charge in [-0.15, -0.1) is 11.3 Å². The van der Waals surface area contributed by atoms with Gasteiger partial charge in [-0.25, -0.2) is 0 Å². The van der Waals surface area contributed by atoms with Crippen molar-refractivity contribution in [2.24, 2.45) is 5.92 Å². The number of benzene rings is 1. The topological polar surface area (TPSA) is 20.3 Å². The van der Waals surface area contributed by atoms with Crippen molar-refractivity contribution in [3.05, 3.63) is 58.3 Å². The Morgan fingerprint density at radius 2 is 1.76 bits per heavy atom. The number of amides is 1. The summed E-state index contributed by atoms with van der Waals surface area (Å²) in [6.45, 7) is 1.87. The molecule has 2 heterocycles. The molecule has 2 nitrogen and oxygen atoms in total. The van der Waals surface area contributed by atoms with Crippen LogP contribution in [0.4, 0.5) is 0 Å². The predicted molar refractivity (Wildman–Crippen MR) is 104 cm³/mol. The molecule has 0 unspecified atom stereocenters. The minimum atomic E-state index is -0.208. The summed E-state index contributed by atoms with van der Waals surface area (Å²) in [5.41, 5.74) is 1.22. The van der Waals surface area contributed by atoms with Crippen LogP contribution in [0, 0.1) is 5.92 Å². The van der Waals surface area contributed by atoms with E-state index in [0.29, 0.717) is 11.8 Å². The van der Waals surface area contributed by atoms with Crippen LogP contribution in [-0.2, 0) is 16.6 Å². The van der Waals surface area contributed by atoms with Gasteiger partial charge in [0.2, 0.25) is 5.91 Å². The summed E-state index contributed by atoms with van der Waals surface area (Å²) >= 11 is 1.77. The Balaban J connectivity index is 1.41. The van der Waals surface area contributed by atoms with Crippen molar-refractivity contribution in [3.8, 4) is 0 Å². The molecular formula is C22H27NOS. The van der Waals surface area contributed by atoms with Crippen molar-refractivity contribution in [2.75, 3.05) is 13.1 Å². The predicted octanol–water partition coefficient (Wildman–Crippen LogP) is 5.04. The van der Waals surface area contributed by atoms with Gasteiger partial charge < -0.3 is 4.90 Å². The van der Waals surface area contributed by atoms with Gasteiger partial charge in [-0.3, -0.25) is 4.79 Å². The van der Waals surface area contributed by atoms with E-state index in [-0.39, 0.29) is 5.41 Å². The molecule has 0 atom stereocenters. The molecular weight excluding hydrogens is 326 g/mol. The van der Waals surface area contributed by atoms with Gasteiger partial charge in [-0.2, -0.15) is 0 Å². The zero-order valence-electron chi connectivity index (χ0n) is 14.8. The van der Waals surface area contributed by atoms with Gasteiger partial charge in [0, 0.05) is 18.0 Å². The van der Waals surface area contributed by atoms with Crippen LogP contribution >= 0.6 is 11.3 Å². The van der Waals surface area contributed by atoms with Crippen LogP contribution in [0.1, 0.15) is 49.0 Å². The molecule has 25 heavy (non-hydrogen) atoms. The van der Waals surface area contributed by atoms with Crippen LogP contribution < -0.4 is 0 Å². The van der Waals surface area contributed by atoms with Gasteiger partial charge in [-0.1, -0.05) is 49.2 Å². The third-order valence-corrected chi connectivity index (χ3v) is 7.20. The van der Waals surface area contributed by atoms with Crippen molar-refractivity contribution in [2.45, 2.75) is 50.4 Å². The highest BCUT2D eigenvalue weighted by Crippen LogP contribution is 2.45. The fourth-order valence-corrected chi connectivity index (χ4v) is 5.66. The fraction of sp³-hybridized carbons (Fsp3) is 0.500. The Kier molecular flexibility index (Phi) is 4.93. The Morgan fingerprint density at radius 1 is 1.04 bits per heavy atom. The Hall–Kier alpha value is -1.61. The second kappa shape index (κ2) is 7.33. The summed E-state index contributed by atoms with van der Waals surface area (Å²) in [4.78, 5) is 16.9. The normalized spacial score (nSPS) is 20.7. The molecule has 1 aliphatic heterocycles. The molecule has 0 radical (unpaired) electrons. The van der Waals surface area contributed by atoms with Gasteiger partial charge in [0.15, 0.2) is 0 Å². The molecule has 4 rings (SSSR count). The van der Waals surface area contributed by atoms with E-state index in [0.717, 1.165) is 45.2 Å². The summed E-state index contributed by atoms with van der Waals surface area (Å²) in [5.74, 6) is 1.12. The van der Waals surface area contributed by atoms with Gasteiger partial charge >= 0.3 is 0 Å². The average molecular weight is 354 g/mol. The highest BCUT2D eigenvalue weighted by atomic mass is 32.1. The zero-order valence-corrected chi connectivity index (χ0v) is 15.6. The first-order chi connectivity index (χ1) is 12.3. The first-order valence-corrected chi connectivity index (χ1v) is 10.5. The lowest BCUT2D eigenvalue weighted by Crippen LogP contribution is -2.48. The second-order valence-electron chi connectivity index (χ2n) is 7.69. The summed E-state index contributed by atoms with van der Waals surface area (Å²) in [6, 6.07) is 15.0. The van der Waals surface area contributed by atoms with E-state index in [1.54, 1.807) is 11.3 Å². The lowest BCUT2D eigenvalue weighted by molar-refractivity contribution is -0.138. The molecule has 0 spiro atoms. The minimum absolute atomic E-state index is 0.208. The molecule has 0 N–H and O–H groups in total. The Morgan fingerprint density at radius 3 is 2.40 bits per heavy atom. The first kappa shape index (κ1) is 16.8. The fourth-order valence-electron chi connectivity index (χ4n) is 4.69. The smallest absolute Gasteiger partial charge is 0.234 e. The first-order valence-electron chi connectivity index (χ1n) is 9.65. The molecule has 2 fully saturated rings. The SMILES string of the molecule is O=C(N1CCC(Cc2ccccc2)CC1)C1(c2cccs2)CCCC1. The van der Waals surface area contributed by atoms with Crippen molar-refractivity contribution in [1.82, 2.24) is 4.90 Å². The number of likely N-dealkylation sites (tertiary alicyclic amines) is 1. The number of nitrogens with zero attached hydrogens (tertiary/aromatic N) is 1. The largest absolute Gasteiger partial charge is 0.342 e. The molecule has 1 aliphatic carbocycles. The highest BCUT2D eigenvalue weighted by molar-refractivity contribution is 7.10. The maximum Gasteiger partial charge on any atom is 0.234 e. The molecule has 2 aromatic rings. The van der Waals surface area contributed by atoms with Crippen LogP contribution in [0.25, 0.3) is 0 Å². The van der Waals surface area contributed by atoms with E-state index in [1.807, 2.05) is 0 Å². The molecule has 2 aliphatic rings. The van der Waals surface area contributed by atoms with Crippen LogP contribution in [0.3, 0.4) is 0 Å². The summed E-state index contributed by atoms with van der Waals surface area (Å²) in [7, 11) is 0. The van der Waals surface area contributed by atoms with Crippen LogP contribution in [0.15, 0.2) is 47.8 Å².